The third kappa shape index (κ3) is 4.24. The van der Waals surface area contributed by atoms with Crippen LogP contribution in [0, 0.1) is 6.92 Å². The van der Waals surface area contributed by atoms with E-state index < -0.39 is 5.41 Å². The summed E-state index contributed by atoms with van der Waals surface area (Å²) in [6.07, 6.45) is 3.55. The third-order valence-electron chi connectivity index (χ3n) is 7.15. The Bertz CT molecular complexity index is 1350. The SMILES string of the molecule is CNCc1ccccc1CN(C=O)CC(=O)Nc1cc2c(cc1C)CC1(C2)C(=O)Nc2ncccc21. The number of amides is 3. The largest absolute Gasteiger partial charge is 0.332 e. The number of fused-ring (bicyclic) bond motifs is 3. The van der Waals surface area contributed by atoms with Crippen LogP contribution >= 0.6 is 0 Å². The monoisotopic (exact) mass is 483 g/mol. The van der Waals surface area contributed by atoms with Gasteiger partial charge in [0.05, 0.1) is 12.0 Å². The van der Waals surface area contributed by atoms with Gasteiger partial charge in [0.25, 0.3) is 0 Å². The lowest BCUT2D eigenvalue weighted by molar-refractivity contribution is -0.125. The highest BCUT2D eigenvalue weighted by Gasteiger charge is 2.51. The summed E-state index contributed by atoms with van der Waals surface area (Å²) >= 11 is 0. The minimum absolute atomic E-state index is 0.0317. The predicted octanol–water partition coefficient (Wildman–Crippen LogP) is 2.70. The van der Waals surface area contributed by atoms with Gasteiger partial charge in [0.15, 0.2) is 0 Å². The van der Waals surface area contributed by atoms with Gasteiger partial charge in [-0.05, 0) is 66.8 Å². The summed E-state index contributed by atoms with van der Waals surface area (Å²) in [5.41, 5.74) is 6.11. The smallest absolute Gasteiger partial charge is 0.244 e. The highest BCUT2D eigenvalue weighted by Crippen LogP contribution is 2.47. The molecule has 0 fully saturated rings. The van der Waals surface area contributed by atoms with Gasteiger partial charge in [-0.15, -0.1) is 0 Å². The summed E-state index contributed by atoms with van der Waals surface area (Å²) < 4.78 is 0. The van der Waals surface area contributed by atoms with Gasteiger partial charge in [0.1, 0.15) is 5.82 Å². The molecule has 184 valence electrons. The van der Waals surface area contributed by atoms with Gasteiger partial charge in [-0.3, -0.25) is 14.4 Å². The van der Waals surface area contributed by atoms with Crippen molar-refractivity contribution in [3.05, 3.63) is 88.1 Å². The maximum absolute atomic E-state index is 13.0. The highest BCUT2D eigenvalue weighted by molar-refractivity contribution is 6.06. The Morgan fingerprint density at radius 3 is 2.64 bits per heavy atom. The third-order valence-corrected chi connectivity index (χ3v) is 7.15. The summed E-state index contributed by atoms with van der Waals surface area (Å²) in [5, 5.41) is 9.03. The van der Waals surface area contributed by atoms with Crippen LogP contribution in [0.5, 0.6) is 0 Å². The quantitative estimate of drug-likeness (QED) is 0.428. The number of benzene rings is 2. The van der Waals surface area contributed by atoms with Gasteiger partial charge in [-0.2, -0.15) is 0 Å². The summed E-state index contributed by atoms with van der Waals surface area (Å²) in [6.45, 7) is 2.92. The van der Waals surface area contributed by atoms with Crippen LogP contribution in [0.4, 0.5) is 11.5 Å². The van der Waals surface area contributed by atoms with E-state index in [1.807, 2.05) is 62.5 Å². The number of rotatable bonds is 8. The van der Waals surface area contributed by atoms with Crippen molar-refractivity contribution in [3.8, 4) is 0 Å². The van der Waals surface area contributed by atoms with Crippen molar-refractivity contribution in [2.24, 2.45) is 0 Å². The molecular formula is C28H29N5O3. The van der Waals surface area contributed by atoms with E-state index in [-0.39, 0.29) is 18.4 Å². The fourth-order valence-corrected chi connectivity index (χ4v) is 5.38. The van der Waals surface area contributed by atoms with E-state index in [4.69, 9.17) is 0 Å². The number of aryl methyl sites for hydroxylation is 1. The molecule has 2 heterocycles. The first-order valence-corrected chi connectivity index (χ1v) is 12.0. The number of pyridine rings is 1. The van der Waals surface area contributed by atoms with Crippen molar-refractivity contribution in [3.63, 3.8) is 0 Å². The topological polar surface area (TPSA) is 103 Å². The second-order valence-electron chi connectivity index (χ2n) is 9.58. The fourth-order valence-electron chi connectivity index (χ4n) is 5.38. The Morgan fingerprint density at radius 1 is 1.14 bits per heavy atom. The van der Waals surface area contributed by atoms with Crippen LogP contribution in [0.1, 0.15) is 33.4 Å². The summed E-state index contributed by atoms with van der Waals surface area (Å²) in [5.74, 6) is 0.332. The number of hydrogen-bond acceptors (Lipinski definition) is 5. The van der Waals surface area contributed by atoms with Crippen LogP contribution in [-0.2, 0) is 45.7 Å². The average Bonchev–Trinajstić information content (AvgIpc) is 3.37. The lowest BCUT2D eigenvalue weighted by Crippen LogP contribution is -2.35. The zero-order valence-corrected chi connectivity index (χ0v) is 20.4. The first kappa shape index (κ1) is 23.7. The number of carbonyl (C=O) groups is 3. The fraction of sp³-hybridized carbons (Fsp3) is 0.286. The number of hydrogen-bond donors (Lipinski definition) is 3. The Kier molecular flexibility index (Phi) is 6.28. The van der Waals surface area contributed by atoms with Crippen molar-refractivity contribution in [2.45, 2.75) is 38.3 Å². The van der Waals surface area contributed by atoms with E-state index in [1.54, 1.807) is 6.20 Å². The lowest BCUT2D eigenvalue weighted by atomic mass is 9.79. The van der Waals surface area contributed by atoms with Crippen LogP contribution in [0.15, 0.2) is 54.7 Å². The van der Waals surface area contributed by atoms with Crippen LogP contribution < -0.4 is 16.0 Å². The van der Waals surface area contributed by atoms with E-state index in [0.717, 1.165) is 33.4 Å². The van der Waals surface area contributed by atoms with Crippen LogP contribution in [0.2, 0.25) is 0 Å². The zero-order chi connectivity index (χ0) is 25.3. The molecule has 1 atom stereocenters. The number of carbonyl (C=O) groups excluding carboxylic acids is 3. The number of anilines is 2. The molecule has 1 aliphatic heterocycles. The molecule has 8 heteroatoms. The molecule has 0 radical (unpaired) electrons. The molecule has 0 saturated heterocycles. The molecule has 8 nitrogen and oxygen atoms in total. The second kappa shape index (κ2) is 9.54. The molecule has 1 unspecified atom stereocenters. The molecule has 1 aliphatic carbocycles. The van der Waals surface area contributed by atoms with Gasteiger partial charge in [-0.1, -0.05) is 36.4 Å². The molecule has 2 aromatic carbocycles. The van der Waals surface area contributed by atoms with Gasteiger partial charge < -0.3 is 20.9 Å². The molecule has 36 heavy (non-hydrogen) atoms. The minimum atomic E-state index is -0.657. The molecule has 1 aromatic heterocycles. The van der Waals surface area contributed by atoms with Crippen LogP contribution in [0.25, 0.3) is 0 Å². The molecule has 3 N–H and O–H groups in total. The van der Waals surface area contributed by atoms with Crippen molar-refractivity contribution in [2.75, 3.05) is 24.2 Å². The first-order chi connectivity index (χ1) is 17.4. The first-order valence-electron chi connectivity index (χ1n) is 12.0. The normalized spacial score (nSPS) is 17.4. The molecule has 3 aromatic rings. The molecule has 0 bridgehead atoms. The standard InChI is InChI=1S/C28H29N5O3/c1-18-10-21-12-28(23-8-5-9-30-26(23)32-27(28)36)13-22(21)11-24(18)31-25(35)16-33(17-34)15-20-7-4-3-6-19(20)14-29-2/h3-11,17,29H,12-16H2,1-2H3,(H,31,35)(H,30,32,36). The van der Waals surface area contributed by atoms with E-state index >= 15 is 0 Å². The van der Waals surface area contributed by atoms with E-state index in [0.29, 0.717) is 43.8 Å². The van der Waals surface area contributed by atoms with Crippen molar-refractivity contribution in [1.29, 1.82) is 0 Å². The molecular weight excluding hydrogens is 454 g/mol. The van der Waals surface area contributed by atoms with Gasteiger partial charge in [0, 0.05) is 30.5 Å². The molecule has 3 amide bonds. The lowest BCUT2D eigenvalue weighted by Gasteiger charge is -2.20. The van der Waals surface area contributed by atoms with E-state index in [9.17, 15) is 14.4 Å². The summed E-state index contributed by atoms with van der Waals surface area (Å²) in [4.78, 5) is 43.4. The Labute approximate surface area is 210 Å². The molecule has 0 saturated carbocycles. The number of nitrogens with one attached hydrogen (secondary N) is 3. The van der Waals surface area contributed by atoms with Gasteiger partial charge in [-0.25, -0.2) is 4.98 Å². The minimum Gasteiger partial charge on any atom is -0.332 e. The summed E-state index contributed by atoms with van der Waals surface area (Å²) in [7, 11) is 1.87. The number of aromatic nitrogens is 1. The predicted molar refractivity (Wildman–Crippen MR) is 137 cm³/mol. The van der Waals surface area contributed by atoms with Crippen LogP contribution in [-0.4, -0.2) is 41.7 Å². The zero-order valence-electron chi connectivity index (χ0n) is 20.4. The Morgan fingerprint density at radius 2 is 1.89 bits per heavy atom. The summed E-state index contributed by atoms with van der Waals surface area (Å²) in [6, 6.07) is 15.7. The average molecular weight is 484 g/mol. The Balaban J connectivity index is 1.30. The number of nitrogens with zero attached hydrogens (tertiary/aromatic N) is 2. The van der Waals surface area contributed by atoms with Crippen molar-refractivity contribution >= 4 is 29.7 Å². The van der Waals surface area contributed by atoms with Crippen LogP contribution in [0.3, 0.4) is 0 Å². The van der Waals surface area contributed by atoms with Gasteiger partial charge in [0.2, 0.25) is 18.2 Å². The highest BCUT2D eigenvalue weighted by atomic mass is 16.2. The second-order valence-corrected chi connectivity index (χ2v) is 9.58. The molecule has 5 rings (SSSR count). The van der Waals surface area contributed by atoms with E-state index in [2.05, 4.69) is 20.9 Å². The van der Waals surface area contributed by atoms with E-state index in [1.165, 1.54) is 4.90 Å². The molecule has 1 spiro atoms. The molecule has 2 aliphatic rings. The Hall–Kier alpha value is -4.04. The maximum Gasteiger partial charge on any atom is 0.244 e. The maximum atomic E-state index is 13.0. The van der Waals surface area contributed by atoms with Crippen molar-refractivity contribution < 1.29 is 14.4 Å². The van der Waals surface area contributed by atoms with Crippen molar-refractivity contribution in [1.82, 2.24) is 15.2 Å². The van der Waals surface area contributed by atoms with Gasteiger partial charge >= 0.3 is 0 Å².